The molecule has 108 valence electrons. The molecule has 3 nitrogen and oxygen atoms in total. The van der Waals surface area contributed by atoms with Crippen LogP contribution in [0.25, 0.3) is 10.9 Å². The van der Waals surface area contributed by atoms with Crippen LogP contribution in [0.15, 0.2) is 35.8 Å². The fourth-order valence-corrected chi connectivity index (χ4v) is 3.37. The van der Waals surface area contributed by atoms with Gasteiger partial charge in [-0.1, -0.05) is 18.2 Å². The van der Waals surface area contributed by atoms with Crippen LogP contribution in [0, 0.1) is 6.92 Å². The molecule has 0 saturated heterocycles. The van der Waals surface area contributed by atoms with Crippen molar-refractivity contribution in [1.29, 1.82) is 0 Å². The molecule has 2 aromatic heterocycles. The minimum Gasteiger partial charge on any atom is -0.354 e. The van der Waals surface area contributed by atoms with E-state index in [1.807, 2.05) is 37.7 Å². The monoisotopic (exact) mass is 317 g/mol. The summed E-state index contributed by atoms with van der Waals surface area (Å²) in [5.74, 6) is 1.40. The van der Waals surface area contributed by atoms with Gasteiger partial charge >= 0.3 is 0 Å². The minimum absolute atomic E-state index is 0.458. The van der Waals surface area contributed by atoms with Gasteiger partial charge in [-0.25, -0.2) is 9.97 Å². The van der Waals surface area contributed by atoms with Gasteiger partial charge in [0.1, 0.15) is 5.82 Å². The van der Waals surface area contributed by atoms with Gasteiger partial charge in [0.2, 0.25) is 0 Å². The normalized spacial score (nSPS) is 11.0. The molecule has 0 radical (unpaired) electrons. The van der Waals surface area contributed by atoms with Crippen LogP contribution in [-0.4, -0.2) is 17.0 Å². The molecule has 1 aromatic carbocycles. The van der Waals surface area contributed by atoms with E-state index in [0.29, 0.717) is 5.88 Å². The average Bonchev–Trinajstić information content (AvgIpc) is 2.91. The Balaban J connectivity index is 2.00. The molecule has 3 aromatic rings. The fraction of sp³-hybridized carbons (Fsp3) is 0.250. The Morgan fingerprint density at radius 3 is 2.81 bits per heavy atom. The summed E-state index contributed by atoms with van der Waals surface area (Å²) in [4.78, 5) is 12.5. The fourth-order valence-electron chi connectivity index (χ4n) is 2.35. The van der Waals surface area contributed by atoms with E-state index in [1.165, 1.54) is 4.88 Å². The highest BCUT2D eigenvalue weighted by Gasteiger charge is 2.13. The van der Waals surface area contributed by atoms with Crippen LogP contribution >= 0.6 is 22.9 Å². The lowest BCUT2D eigenvalue weighted by molar-refractivity contribution is 0.897. The van der Waals surface area contributed by atoms with E-state index in [9.17, 15) is 0 Å². The number of hydrogen-bond donors (Lipinski definition) is 0. The summed E-state index contributed by atoms with van der Waals surface area (Å²) in [5.41, 5.74) is 5.02. The number of thiazole rings is 1. The largest absolute Gasteiger partial charge is 0.354 e. The number of nitrogens with zero attached hydrogens (tertiary/aromatic N) is 3. The highest BCUT2D eigenvalue weighted by atomic mass is 35.5. The molecule has 0 unspecified atom stereocenters. The molecule has 21 heavy (non-hydrogen) atoms. The van der Waals surface area contributed by atoms with E-state index in [4.69, 9.17) is 16.6 Å². The van der Waals surface area contributed by atoms with E-state index in [-0.39, 0.29) is 0 Å². The molecular weight excluding hydrogens is 302 g/mol. The molecule has 2 heterocycles. The first-order valence-electron chi connectivity index (χ1n) is 6.73. The Labute approximate surface area is 133 Å². The zero-order valence-electron chi connectivity index (χ0n) is 12.0. The van der Waals surface area contributed by atoms with Crippen molar-refractivity contribution >= 4 is 39.7 Å². The second-order valence-corrected chi connectivity index (χ2v) is 6.22. The predicted octanol–water partition coefficient (Wildman–Crippen LogP) is 4.37. The summed E-state index contributed by atoms with van der Waals surface area (Å²) in [6.45, 7) is 2.84. The summed E-state index contributed by atoms with van der Waals surface area (Å²) >= 11 is 7.79. The SMILES string of the molecule is Cc1ncsc1CN(C)c1nc2ccccc2cc1CCl. The molecule has 0 fully saturated rings. The lowest BCUT2D eigenvalue weighted by atomic mass is 10.1. The van der Waals surface area contributed by atoms with Gasteiger partial charge in [-0.2, -0.15) is 0 Å². The number of aryl methyl sites for hydroxylation is 1. The summed E-state index contributed by atoms with van der Waals surface area (Å²) in [6.07, 6.45) is 0. The van der Waals surface area contributed by atoms with Gasteiger partial charge in [0.15, 0.2) is 0 Å². The Bertz CT molecular complexity index is 769. The third-order valence-corrected chi connectivity index (χ3v) is 4.72. The molecule has 0 aliphatic carbocycles. The van der Waals surface area contributed by atoms with Gasteiger partial charge in [0.05, 0.1) is 29.1 Å². The van der Waals surface area contributed by atoms with Gasteiger partial charge in [0.25, 0.3) is 0 Å². The zero-order valence-corrected chi connectivity index (χ0v) is 13.6. The van der Waals surface area contributed by atoms with Gasteiger partial charge in [0, 0.05) is 22.9 Å². The Morgan fingerprint density at radius 1 is 1.29 bits per heavy atom. The Morgan fingerprint density at radius 2 is 2.10 bits per heavy atom. The second-order valence-electron chi connectivity index (χ2n) is 5.01. The maximum atomic E-state index is 6.11. The van der Waals surface area contributed by atoms with Crippen LogP contribution in [-0.2, 0) is 12.4 Å². The maximum Gasteiger partial charge on any atom is 0.133 e. The zero-order chi connectivity index (χ0) is 14.8. The van der Waals surface area contributed by atoms with Gasteiger partial charge < -0.3 is 4.90 Å². The van der Waals surface area contributed by atoms with Crippen molar-refractivity contribution in [3.05, 3.63) is 52.0 Å². The molecule has 0 amide bonds. The topological polar surface area (TPSA) is 29.0 Å². The van der Waals surface area contributed by atoms with Crippen LogP contribution in [0.4, 0.5) is 5.82 Å². The number of fused-ring (bicyclic) bond motifs is 1. The third-order valence-electron chi connectivity index (χ3n) is 3.51. The van der Waals surface area contributed by atoms with E-state index in [1.54, 1.807) is 11.3 Å². The molecule has 0 aliphatic rings. The van der Waals surface area contributed by atoms with Crippen LogP contribution in [0.3, 0.4) is 0 Å². The lowest BCUT2D eigenvalue weighted by Crippen LogP contribution is -2.19. The first-order chi connectivity index (χ1) is 10.2. The predicted molar refractivity (Wildman–Crippen MR) is 90.3 cm³/mol. The van der Waals surface area contributed by atoms with E-state index in [0.717, 1.165) is 34.5 Å². The summed E-state index contributed by atoms with van der Waals surface area (Å²) in [5, 5.41) is 1.12. The van der Waals surface area contributed by atoms with E-state index in [2.05, 4.69) is 22.0 Å². The van der Waals surface area contributed by atoms with Crippen LogP contribution in [0.2, 0.25) is 0 Å². The van der Waals surface area contributed by atoms with E-state index < -0.39 is 0 Å². The quantitative estimate of drug-likeness (QED) is 0.669. The Hall–Kier alpha value is -1.65. The van der Waals surface area contributed by atoms with Gasteiger partial charge in [-0.05, 0) is 19.1 Å². The number of pyridine rings is 1. The number of aromatic nitrogens is 2. The molecular formula is C16H16ClN3S. The number of para-hydroxylation sites is 1. The molecule has 0 aliphatic heterocycles. The molecule has 0 N–H and O–H groups in total. The van der Waals surface area contributed by atoms with Crippen molar-refractivity contribution in [3.8, 4) is 0 Å². The van der Waals surface area contributed by atoms with Crippen LogP contribution in [0.1, 0.15) is 16.1 Å². The first kappa shape index (κ1) is 14.3. The molecule has 5 heteroatoms. The van der Waals surface area contributed by atoms with Crippen LogP contribution in [0.5, 0.6) is 0 Å². The minimum atomic E-state index is 0.458. The average molecular weight is 318 g/mol. The molecule has 3 rings (SSSR count). The van der Waals surface area contributed by atoms with Crippen molar-refractivity contribution in [2.75, 3.05) is 11.9 Å². The van der Waals surface area contributed by atoms with Crippen molar-refractivity contribution in [2.24, 2.45) is 0 Å². The second kappa shape index (κ2) is 6.00. The number of benzene rings is 1. The van der Waals surface area contributed by atoms with Crippen molar-refractivity contribution in [1.82, 2.24) is 9.97 Å². The summed E-state index contributed by atoms with van der Waals surface area (Å²) in [7, 11) is 2.05. The standard InChI is InChI=1S/C16H16ClN3S/c1-11-15(21-10-18-11)9-20(2)16-13(8-17)7-12-5-3-4-6-14(12)19-16/h3-7,10H,8-9H2,1-2H3. The first-order valence-corrected chi connectivity index (χ1v) is 8.15. The molecule has 0 saturated carbocycles. The molecule has 0 bridgehead atoms. The Kier molecular flexibility index (Phi) is 4.08. The number of anilines is 1. The third kappa shape index (κ3) is 2.87. The van der Waals surface area contributed by atoms with Crippen molar-refractivity contribution < 1.29 is 0 Å². The van der Waals surface area contributed by atoms with Crippen molar-refractivity contribution in [3.63, 3.8) is 0 Å². The smallest absolute Gasteiger partial charge is 0.133 e. The highest BCUT2D eigenvalue weighted by molar-refractivity contribution is 7.09. The van der Waals surface area contributed by atoms with Crippen LogP contribution < -0.4 is 4.90 Å². The number of alkyl halides is 1. The van der Waals surface area contributed by atoms with Crippen molar-refractivity contribution in [2.45, 2.75) is 19.3 Å². The molecule has 0 atom stereocenters. The molecule has 0 spiro atoms. The summed E-state index contributed by atoms with van der Waals surface area (Å²) in [6, 6.07) is 10.2. The van der Waals surface area contributed by atoms with Gasteiger partial charge in [-0.3, -0.25) is 0 Å². The number of hydrogen-bond acceptors (Lipinski definition) is 4. The number of halogens is 1. The number of rotatable bonds is 4. The lowest BCUT2D eigenvalue weighted by Gasteiger charge is -2.21. The highest BCUT2D eigenvalue weighted by Crippen LogP contribution is 2.26. The summed E-state index contributed by atoms with van der Waals surface area (Å²) < 4.78 is 0. The van der Waals surface area contributed by atoms with E-state index >= 15 is 0 Å². The maximum absolute atomic E-state index is 6.11. The van der Waals surface area contributed by atoms with Gasteiger partial charge in [-0.15, -0.1) is 22.9 Å².